The monoisotopic (exact) mass is 533 g/mol. The minimum atomic E-state index is -0.0476. The standard InChI is InChI=1S/C34H51N3O2/c1-3-4-5-6-7-8-9-10-11-12-13-14-15-18-28-37-32-21-17-16-20-31(32)36-33(37)22-19-27-35-34(38)29-23-25-30(39-2)26-24-29/h16-17,20-21,23-26H,3-15,18-19,22,27-28H2,1-2H3,(H,35,38). The van der Waals surface area contributed by atoms with Crippen LogP contribution in [0.1, 0.15) is 119 Å². The third-order valence-corrected chi connectivity index (χ3v) is 7.68. The number of unbranched alkanes of at least 4 members (excludes halogenated alkanes) is 13. The number of methoxy groups -OCH3 is 1. The van der Waals surface area contributed by atoms with Crippen LogP contribution in [0.4, 0.5) is 0 Å². The van der Waals surface area contributed by atoms with Gasteiger partial charge in [-0.2, -0.15) is 0 Å². The summed E-state index contributed by atoms with van der Waals surface area (Å²) in [4.78, 5) is 17.4. The van der Waals surface area contributed by atoms with Gasteiger partial charge in [-0.05, 0) is 49.2 Å². The van der Waals surface area contributed by atoms with Gasteiger partial charge in [0.15, 0.2) is 0 Å². The van der Waals surface area contributed by atoms with E-state index in [-0.39, 0.29) is 5.91 Å². The van der Waals surface area contributed by atoms with Crippen LogP contribution in [-0.2, 0) is 13.0 Å². The summed E-state index contributed by atoms with van der Waals surface area (Å²) >= 11 is 0. The van der Waals surface area contributed by atoms with Gasteiger partial charge in [-0.25, -0.2) is 4.98 Å². The highest BCUT2D eigenvalue weighted by molar-refractivity contribution is 5.94. The Hall–Kier alpha value is -2.82. The first-order valence-electron chi connectivity index (χ1n) is 15.6. The van der Waals surface area contributed by atoms with Crippen molar-refractivity contribution in [3.8, 4) is 5.75 Å². The molecule has 0 radical (unpaired) electrons. The number of carbonyl (C=O) groups excluding carboxylic acids is 1. The molecule has 0 aliphatic carbocycles. The van der Waals surface area contributed by atoms with E-state index in [1.165, 1.54) is 95.4 Å². The number of aryl methyl sites for hydroxylation is 2. The average Bonchev–Trinajstić information content (AvgIpc) is 3.32. The first-order chi connectivity index (χ1) is 19.2. The predicted octanol–water partition coefficient (Wildman–Crippen LogP) is 8.89. The van der Waals surface area contributed by atoms with E-state index < -0.39 is 0 Å². The van der Waals surface area contributed by atoms with Crippen LogP contribution >= 0.6 is 0 Å². The molecule has 0 saturated carbocycles. The highest BCUT2D eigenvalue weighted by Crippen LogP contribution is 2.19. The SMILES string of the molecule is CCCCCCCCCCCCCCCCn1c(CCCNC(=O)c2ccc(OC)cc2)nc2ccccc21. The minimum Gasteiger partial charge on any atom is -0.497 e. The van der Waals surface area contributed by atoms with Crippen molar-refractivity contribution in [3.05, 3.63) is 59.9 Å². The first kappa shape index (κ1) is 30.7. The third kappa shape index (κ3) is 11.1. The smallest absolute Gasteiger partial charge is 0.251 e. The lowest BCUT2D eigenvalue weighted by molar-refractivity contribution is 0.0953. The first-order valence-corrected chi connectivity index (χ1v) is 15.6. The quantitative estimate of drug-likeness (QED) is 0.139. The topological polar surface area (TPSA) is 56.2 Å². The molecule has 3 aromatic rings. The van der Waals surface area contributed by atoms with Crippen molar-refractivity contribution in [1.82, 2.24) is 14.9 Å². The van der Waals surface area contributed by atoms with Crippen LogP contribution in [0.25, 0.3) is 11.0 Å². The van der Waals surface area contributed by atoms with Crippen LogP contribution in [0.15, 0.2) is 48.5 Å². The fraction of sp³-hybridized carbons (Fsp3) is 0.588. The van der Waals surface area contributed by atoms with E-state index in [4.69, 9.17) is 9.72 Å². The van der Waals surface area contributed by atoms with E-state index in [1.807, 2.05) is 12.1 Å². The lowest BCUT2D eigenvalue weighted by Crippen LogP contribution is -2.25. The number of fused-ring (bicyclic) bond motifs is 1. The average molecular weight is 534 g/mol. The van der Waals surface area contributed by atoms with Crippen molar-refractivity contribution < 1.29 is 9.53 Å². The molecule has 1 heterocycles. The van der Waals surface area contributed by atoms with Crippen LogP contribution < -0.4 is 10.1 Å². The van der Waals surface area contributed by atoms with Gasteiger partial charge < -0.3 is 14.6 Å². The summed E-state index contributed by atoms with van der Waals surface area (Å²) in [5, 5.41) is 3.04. The minimum absolute atomic E-state index is 0.0476. The van der Waals surface area contributed by atoms with Crippen molar-refractivity contribution in [2.75, 3.05) is 13.7 Å². The van der Waals surface area contributed by atoms with Crippen molar-refractivity contribution in [2.45, 2.75) is 116 Å². The molecular weight excluding hydrogens is 482 g/mol. The number of imidazole rings is 1. The van der Waals surface area contributed by atoms with E-state index in [0.717, 1.165) is 36.5 Å². The maximum Gasteiger partial charge on any atom is 0.251 e. The van der Waals surface area contributed by atoms with Gasteiger partial charge in [0, 0.05) is 25.1 Å². The van der Waals surface area contributed by atoms with Gasteiger partial charge in [0.25, 0.3) is 5.91 Å². The summed E-state index contributed by atoms with van der Waals surface area (Å²) in [5.74, 6) is 1.84. The van der Waals surface area contributed by atoms with E-state index in [9.17, 15) is 4.79 Å². The summed E-state index contributed by atoms with van der Waals surface area (Å²) < 4.78 is 7.58. The molecule has 0 spiro atoms. The summed E-state index contributed by atoms with van der Waals surface area (Å²) in [6.45, 7) is 3.94. The molecule has 214 valence electrons. The number of ether oxygens (including phenoxy) is 1. The van der Waals surface area contributed by atoms with E-state index in [2.05, 4.69) is 41.1 Å². The second kappa shape index (κ2) is 18.5. The van der Waals surface area contributed by atoms with Crippen LogP contribution in [0.3, 0.4) is 0 Å². The Balaban J connectivity index is 1.32. The number of aromatic nitrogens is 2. The van der Waals surface area contributed by atoms with Gasteiger partial charge in [-0.1, -0.05) is 103 Å². The zero-order valence-electron chi connectivity index (χ0n) is 24.6. The Morgan fingerprint density at radius 3 is 1.97 bits per heavy atom. The van der Waals surface area contributed by atoms with Crippen LogP contribution in [0.5, 0.6) is 5.75 Å². The number of carbonyl (C=O) groups is 1. The molecule has 3 rings (SSSR count). The van der Waals surface area contributed by atoms with Gasteiger partial charge in [0.05, 0.1) is 18.1 Å². The van der Waals surface area contributed by atoms with E-state index in [1.54, 1.807) is 19.2 Å². The maximum absolute atomic E-state index is 12.4. The van der Waals surface area contributed by atoms with Crippen molar-refractivity contribution in [2.24, 2.45) is 0 Å². The highest BCUT2D eigenvalue weighted by atomic mass is 16.5. The molecule has 5 heteroatoms. The molecule has 0 aliphatic heterocycles. The molecular formula is C34H51N3O2. The molecule has 0 fully saturated rings. The molecule has 1 N–H and O–H groups in total. The zero-order valence-corrected chi connectivity index (χ0v) is 24.6. The van der Waals surface area contributed by atoms with Crippen molar-refractivity contribution in [1.29, 1.82) is 0 Å². The molecule has 1 aromatic heterocycles. The number of hydrogen-bond donors (Lipinski definition) is 1. The van der Waals surface area contributed by atoms with Crippen LogP contribution in [0.2, 0.25) is 0 Å². The lowest BCUT2D eigenvalue weighted by Gasteiger charge is -2.10. The number of nitrogens with one attached hydrogen (secondary N) is 1. The lowest BCUT2D eigenvalue weighted by atomic mass is 10.0. The third-order valence-electron chi connectivity index (χ3n) is 7.68. The summed E-state index contributed by atoms with van der Waals surface area (Å²) in [6, 6.07) is 15.7. The van der Waals surface area contributed by atoms with Gasteiger partial charge in [-0.3, -0.25) is 4.79 Å². The van der Waals surface area contributed by atoms with E-state index in [0.29, 0.717) is 12.1 Å². The summed E-state index contributed by atoms with van der Waals surface area (Å²) in [7, 11) is 1.63. The molecule has 1 amide bonds. The van der Waals surface area contributed by atoms with E-state index >= 15 is 0 Å². The predicted molar refractivity (Wildman–Crippen MR) is 164 cm³/mol. The number of nitrogens with zero attached hydrogens (tertiary/aromatic N) is 2. The number of rotatable bonds is 21. The Kier molecular flexibility index (Phi) is 14.5. The largest absolute Gasteiger partial charge is 0.497 e. The molecule has 0 bridgehead atoms. The van der Waals surface area contributed by atoms with Gasteiger partial charge >= 0.3 is 0 Å². The molecule has 5 nitrogen and oxygen atoms in total. The Labute approximate surface area is 236 Å². The van der Waals surface area contributed by atoms with Crippen LogP contribution in [-0.4, -0.2) is 29.1 Å². The number of benzene rings is 2. The second-order valence-corrected chi connectivity index (χ2v) is 10.9. The summed E-state index contributed by atoms with van der Waals surface area (Å²) in [6.07, 6.45) is 21.0. The molecule has 2 aromatic carbocycles. The Morgan fingerprint density at radius 2 is 1.36 bits per heavy atom. The summed E-state index contributed by atoms with van der Waals surface area (Å²) in [5.41, 5.74) is 2.95. The van der Waals surface area contributed by atoms with Gasteiger partial charge in [0.1, 0.15) is 11.6 Å². The fourth-order valence-corrected chi connectivity index (χ4v) is 5.32. The molecule has 0 atom stereocenters. The maximum atomic E-state index is 12.4. The zero-order chi connectivity index (χ0) is 27.5. The number of amides is 1. The van der Waals surface area contributed by atoms with Crippen LogP contribution in [0, 0.1) is 0 Å². The van der Waals surface area contributed by atoms with Crippen molar-refractivity contribution in [3.63, 3.8) is 0 Å². The molecule has 0 unspecified atom stereocenters. The fourth-order valence-electron chi connectivity index (χ4n) is 5.32. The second-order valence-electron chi connectivity index (χ2n) is 10.9. The van der Waals surface area contributed by atoms with Gasteiger partial charge in [-0.15, -0.1) is 0 Å². The Bertz CT molecular complexity index is 1070. The number of para-hydroxylation sites is 2. The van der Waals surface area contributed by atoms with Crippen molar-refractivity contribution >= 4 is 16.9 Å². The normalized spacial score (nSPS) is 11.2. The molecule has 0 aliphatic rings. The Morgan fingerprint density at radius 1 is 0.769 bits per heavy atom. The van der Waals surface area contributed by atoms with Gasteiger partial charge in [0.2, 0.25) is 0 Å². The number of hydrogen-bond acceptors (Lipinski definition) is 3. The molecule has 0 saturated heterocycles. The molecule has 39 heavy (non-hydrogen) atoms. The highest BCUT2D eigenvalue weighted by Gasteiger charge is 2.11.